The number of nitrogens with zero attached hydrogens (tertiary/aromatic N) is 2. The number of rotatable bonds is 5. The molecule has 0 saturated carbocycles. The molecule has 23 heavy (non-hydrogen) atoms. The summed E-state index contributed by atoms with van der Waals surface area (Å²) in [6.07, 6.45) is 4.84. The highest BCUT2D eigenvalue weighted by Crippen LogP contribution is 2.16. The van der Waals surface area contributed by atoms with E-state index in [1.54, 1.807) is 19.9 Å². The maximum atomic E-state index is 12.1. The summed E-state index contributed by atoms with van der Waals surface area (Å²) in [5, 5.41) is 15.9. The molecule has 0 aliphatic heterocycles. The van der Waals surface area contributed by atoms with Gasteiger partial charge in [0.15, 0.2) is 0 Å². The maximum absolute atomic E-state index is 12.1. The average Bonchev–Trinajstić information content (AvgIpc) is 2.69. The van der Waals surface area contributed by atoms with Crippen molar-refractivity contribution in [2.45, 2.75) is 58.5 Å². The molecule has 7 heteroatoms. The van der Waals surface area contributed by atoms with Gasteiger partial charge in [0.25, 0.3) is 5.56 Å². The Morgan fingerprint density at radius 3 is 2.65 bits per heavy atom. The third-order valence-corrected chi connectivity index (χ3v) is 4.07. The molecule has 1 aromatic heterocycles. The maximum Gasteiger partial charge on any atom is 0.326 e. The van der Waals surface area contributed by atoms with Crippen molar-refractivity contribution >= 4 is 11.9 Å². The lowest BCUT2D eigenvalue weighted by molar-refractivity contribution is -0.143. The molecule has 1 aliphatic carbocycles. The lowest BCUT2D eigenvalue weighted by Gasteiger charge is -2.18. The molecule has 0 bridgehead atoms. The quantitative estimate of drug-likeness (QED) is 0.779. The number of fused-ring (bicyclic) bond motifs is 1. The zero-order chi connectivity index (χ0) is 17.0. The Morgan fingerprint density at radius 1 is 1.30 bits per heavy atom. The van der Waals surface area contributed by atoms with Crippen LogP contribution in [0.15, 0.2) is 10.9 Å². The van der Waals surface area contributed by atoms with Crippen molar-refractivity contribution in [3.63, 3.8) is 0 Å². The van der Waals surface area contributed by atoms with Gasteiger partial charge in [-0.25, -0.2) is 9.48 Å². The smallest absolute Gasteiger partial charge is 0.326 e. The summed E-state index contributed by atoms with van der Waals surface area (Å²) in [7, 11) is 0. The molecule has 2 rings (SSSR count). The van der Waals surface area contributed by atoms with E-state index in [1.807, 2.05) is 0 Å². The van der Waals surface area contributed by atoms with E-state index >= 15 is 0 Å². The van der Waals surface area contributed by atoms with Gasteiger partial charge in [-0.1, -0.05) is 20.3 Å². The molecule has 1 unspecified atom stereocenters. The van der Waals surface area contributed by atoms with Crippen LogP contribution in [0.5, 0.6) is 0 Å². The predicted octanol–water partition coefficient (Wildman–Crippen LogP) is 0.738. The average molecular weight is 321 g/mol. The minimum Gasteiger partial charge on any atom is -0.480 e. The summed E-state index contributed by atoms with van der Waals surface area (Å²) >= 11 is 0. The largest absolute Gasteiger partial charge is 0.480 e. The molecular formula is C16H23N3O4. The van der Waals surface area contributed by atoms with Crippen molar-refractivity contribution in [1.82, 2.24) is 15.1 Å². The van der Waals surface area contributed by atoms with Crippen molar-refractivity contribution in [3.8, 4) is 0 Å². The minimum absolute atomic E-state index is 0.242. The van der Waals surface area contributed by atoms with Gasteiger partial charge in [-0.05, 0) is 37.2 Å². The molecule has 126 valence electrons. The van der Waals surface area contributed by atoms with E-state index in [4.69, 9.17) is 5.11 Å². The number of amides is 1. The van der Waals surface area contributed by atoms with E-state index in [-0.39, 0.29) is 18.0 Å². The number of aryl methyl sites for hydroxylation is 2. The highest BCUT2D eigenvalue weighted by atomic mass is 16.4. The fourth-order valence-electron chi connectivity index (χ4n) is 2.76. The fourth-order valence-corrected chi connectivity index (χ4v) is 2.76. The molecule has 2 N–H and O–H groups in total. The highest BCUT2D eigenvalue weighted by molar-refractivity contribution is 5.83. The van der Waals surface area contributed by atoms with Crippen molar-refractivity contribution in [3.05, 3.63) is 27.7 Å². The summed E-state index contributed by atoms with van der Waals surface area (Å²) in [5.41, 5.74) is 1.51. The molecule has 0 spiro atoms. The molecule has 1 heterocycles. The second kappa shape index (κ2) is 7.39. The molecule has 0 radical (unpaired) electrons. The zero-order valence-electron chi connectivity index (χ0n) is 13.5. The normalized spacial score (nSPS) is 15.6. The van der Waals surface area contributed by atoms with Crippen LogP contribution in [0.25, 0.3) is 0 Å². The first-order valence-electron chi connectivity index (χ1n) is 8.00. The van der Waals surface area contributed by atoms with Crippen LogP contribution in [0.3, 0.4) is 0 Å². The number of nitrogens with one attached hydrogen (secondary N) is 1. The standard InChI is InChI=1S/C16H23N3O4/c1-10(2)15(16(22)23)17-13(20)9-19-14(21)8-11-6-4-3-5-7-12(11)18-19/h8,10,15H,3-7,9H2,1-2H3,(H,17,20)(H,22,23). The number of hydrogen-bond acceptors (Lipinski definition) is 4. The molecule has 0 saturated heterocycles. The van der Waals surface area contributed by atoms with Crippen LogP contribution in [0.2, 0.25) is 0 Å². The van der Waals surface area contributed by atoms with Crippen LogP contribution in [0.4, 0.5) is 0 Å². The number of carboxylic acid groups (broad SMARTS) is 1. The first kappa shape index (κ1) is 17.2. The van der Waals surface area contributed by atoms with Crippen LogP contribution in [0, 0.1) is 5.92 Å². The highest BCUT2D eigenvalue weighted by Gasteiger charge is 2.24. The second-order valence-corrected chi connectivity index (χ2v) is 6.30. The van der Waals surface area contributed by atoms with Crippen LogP contribution < -0.4 is 10.9 Å². The second-order valence-electron chi connectivity index (χ2n) is 6.30. The molecule has 7 nitrogen and oxygen atoms in total. The number of aliphatic carboxylic acids is 1. The van der Waals surface area contributed by atoms with E-state index in [9.17, 15) is 14.4 Å². The SMILES string of the molecule is CC(C)C(NC(=O)Cn1nc2c(cc1=O)CCCCC2)C(=O)O. The molecule has 1 atom stereocenters. The topological polar surface area (TPSA) is 101 Å². The summed E-state index contributed by atoms with van der Waals surface area (Å²) in [4.78, 5) is 35.3. The molecule has 1 aromatic rings. The number of carbonyl (C=O) groups is 2. The lowest BCUT2D eigenvalue weighted by Crippen LogP contribution is -2.46. The summed E-state index contributed by atoms with van der Waals surface area (Å²) < 4.78 is 1.12. The van der Waals surface area contributed by atoms with Gasteiger partial charge in [-0.3, -0.25) is 9.59 Å². The third-order valence-electron chi connectivity index (χ3n) is 4.07. The number of aromatic nitrogens is 2. The van der Waals surface area contributed by atoms with E-state index in [2.05, 4.69) is 10.4 Å². The number of hydrogen-bond donors (Lipinski definition) is 2. The van der Waals surface area contributed by atoms with Gasteiger partial charge in [-0.15, -0.1) is 0 Å². The first-order chi connectivity index (χ1) is 10.9. The van der Waals surface area contributed by atoms with E-state index < -0.39 is 17.9 Å². The van der Waals surface area contributed by atoms with Gasteiger partial charge in [0, 0.05) is 6.07 Å². The van der Waals surface area contributed by atoms with Crippen LogP contribution in [-0.4, -0.2) is 32.8 Å². The van der Waals surface area contributed by atoms with E-state index in [0.29, 0.717) is 0 Å². The molecule has 1 aliphatic rings. The Labute approximate surface area is 134 Å². The molecule has 0 aromatic carbocycles. The van der Waals surface area contributed by atoms with Crippen molar-refractivity contribution < 1.29 is 14.7 Å². The van der Waals surface area contributed by atoms with Crippen molar-refractivity contribution in [1.29, 1.82) is 0 Å². The van der Waals surface area contributed by atoms with Crippen LogP contribution >= 0.6 is 0 Å². The van der Waals surface area contributed by atoms with Gasteiger partial charge in [0.2, 0.25) is 5.91 Å². The van der Waals surface area contributed by atoms with Crippen LogP contribution in [0.1, 0.15) is 44.4 Å². The van der Waals surface area contributed by atoms with Gasteiger partial charge in [-0.2, -0.15) is 5.10 Å². The number of carbonyl (C=O) groups excluding carboxylic acids is 1. The van der Waals surface area contributed by atoms with Gasteiger partial charge < -0.3 is 10.4 Å². The first-order valence-corrected chi connectivity index (χ1v) is 8.00. The van der Waals surface area contributed by atoms with Crippen LogP contribution in [-0.2, 0) is 29.0 Å². The Kier molecular flexibility index (Phi) is 5.52. The number of carboxylic acids is 1. The van der Waals surface area contributed by atoms with Gasteiger partial charge in [0.05, 0.1) is 5.69 Å². The Balaban J connectivity index is 2.13. The minimum atomic E-state index is -1.09. The molecule has 1 amide bonds. The van der Waals surface area contributed by atoms with Crippen molar-refractivity contribution in [2.24, 2.45) is 5.92 Å². The van der Waals surface area contributed by atoms with Gasteiger partial charge in [0.1, 0.15) is 12.6 Å². The zero-order valence-corrected chi connectivity index (χ0v) is 13.5. The third kappa shape index (κ3) is 4.40. The summed E-state index contributed by atoms with van der Waals surface area (Å²) in [6, 6.07) is 0.581. The Bertz CT molecular complexity index is 651. The lowest BCUT2D eigenvalue weighted by atomic mass is 10.1. The molecule has 0 fully saturated rings. The van der Waals surface area contributed by atoms with E-state index in [1.165, 1.54) is 0 Å². The van der Waals surface area contributed by atoms with E-state index in [0.717, 1.165) is 48.0 Å². The monoisotopic (exact) mass is 321 g/mol. The predicted molar refractivity (Wildman–Crippen MR) is 84.2 cm³/mol. The molecular weight excluding hydrogens is 298 g/mol. The summed E-state index contributed by atoms with van der Waals surface area (Å²) in [5.74, 6) is -1.85. The van der Waals surface area contributed by atoms with Gasteiger partial charge >= 0.3 is 5.97 Å². The fraction of sp³-hybridized carbons (Fsp3) is 0.625. The Hall–Kier alpha value is -2.18. The van der Waals surface area contributed by atoms with Crippen molar-refractivity contribution in [2.75, 3.05) is 0 Å². The summed E-state index contributed by atoms with van der Waals surface area (Å²) in [6.45, 7) is 3.17. The Morgan fingerprint density at radius 2 is 2.00 bits per heavy atom.